The third-order valence-corrected chi connectivity index (χ3v) is 4.86. The van der Waals surface area contributed by atoms with Crippen LogP contribution in [0.15, 0.2) is 54.6 Å². The van der Waals surface area contributed by atoms with Gasteiger partial charge < -0.3 is 14.7 Å². The molecule has 0 amide bonds. The van der Waals surface area contributed by atoms with E-state index in [1.54, 1.807) is 4.57 Å². The Hall–Kier alpha value is -4.23. The van der Waals surface area contributed by atoms with Crippen LogP contribution in [-0.4, -0.2) is 51.1 Å². The van der Waals surface area contributed by atoms with Gasteiger partial charge >= 0.3 is 0 Å². The Balaban J connectivity index is 1.89. The van der Waals surface area contributed by atoms with Gasteiger partial charge in [-0.3, -0.25) is 14.7 Å². The van der Waals surface area contributed by atoms with Crippen molar-refractivity contribution >= 4 is 23.0 Å². The molecule has 0 aliphatic carbocycles. The van der Waals surface area contributed by atoms with Crippen molar-refractivity contribution in [3.63, 3.8) is 0 Å². The number of hydrogen-bond acceptors (Lipinski definition) is 8. The van der Waals surface area contributed by atoms with Crippen molar-refractivity contribution in [2.45, 2.75) is 0 Å². The fourth-order valence-corrected chi connectivity index (χ4v) is 3.34. The average molecular weight is 418 g/mol. The molecule has 0 unspecified atom stereocenters. The van der Waals surface area contributed by atoms with Crippen molar-refractivity contribution in [1.29, 1.82) is 5.26 Å². The molecule has 1 fully saturated rings. The Morgan fingerprint density at radius 2 is 1.87 bits per heavy atom. The SMILES string of the molecule is N#C/C(=C(/O)c1cccc([N+](=O)[O-])c1)c1nnc(N2CCOCC2)n1-c1ccccc1. The molecule has 10 nitrogen and oxygen atoms in total. The zero-order valence-corrected chi connectivity index (χ0v) is 16.4. The molecule has 1 aliphatic rings. The van der Waals surface area contributed by atoms with Gasteiger partial charge in [-0.15, -0.1) is 10.2 Å². The number of anilines is 1. The maximum Gasteiger partial charge on any atom is 0.270 e. The van der Waals surface area contributed by atoms with Crippen LogP contribution in [0.3, 0.4) is 0 Å². The molecule has 2 aromatic carbocycles. The van der Waals surface area contributed by atoms with Crippen molar-refractivity contribution in [1.82, 2.24) is 14.8 Å². The molecule has 0 saturated carbocycles. The number of non-ortho nitro benzene ring substituents is 1. The first-order valence-corrected chi connectivity index (χ1v) is 9.52. The number of nitriles is 1. The number of benzene rings is 2. The summed E-state index contributed by atoms with van der Waals surface area (Å²) < 4.78 is 7.10. The number of nitro groups is 1. The Kier molecular flexibility index (Phi) is 5.59. The maximum absolute atomic E-state index is 11.1. The van der Waals surface area contributed by atoms with E-state index in [0.29, 0.717) is 37.9 Å². The fraction of sp³-hybridized carbons (Fsp3) is 0.190. The number of aliphatic hydroxyl groups is 1. The zero-order chi connectivity index (χ0) is 21.8. The third-order valence-electron chi connectivity index (χ3n) is 4.86. The molecule has 10 heteroatoms. The molecule has 1 saturated heterocycles. The van der Waals surface area contributed by atoms with Gasteiger partial charge in [0.1, 0.15) is 17.4 Å². The van der Waals surface area contributed by atoms with E-state index in [4.69, 9.17) is 4.74 Å². The van der Waals surface area contributed by atoms with Crippen LogP contribution in [0.4, 0.5) is 11.6 Å². The lowest BCUT2D eigenvalue weighted by Gasteiger charge is -2.28. The molecule has 1 N–H and O–H groups in total. The second-order valence-electron chi connectivity index (χ2n) is 6.74. The maximum atomic E-state index is 11.1. The van der Waals surface area contributed by atoms with E-state index in [1.165, 1.54) is 24.3 Å². The number of nitrogens with zero attached hydrogens (tertiary/aromatic N) is 6. The van der Waals surface area contributed by atoms with Gasteiger partial charge in [-0.1, -0.05) is 30.3 Å². The van der Waals surface area contributed by atoms with Gasteiger partial charge in [-0.25, -0.2) is 0 Å². The smallest absolute Gasteiger partial charge is 0.270 e. The molecule has 0 spiro atoms. The third kappa shape index (κ3) is 3.94. The lowest BCUT2D eigenvalue weighted by atomic mass is 10.1. The van der Waals surface area contributed by atoms with E-state index in [1.807, 2.05) is 41.3 Å². The van der Waals surface area contributed by atoms with Gasteiger partial charge in [-0.05, 0) is 12.1 Å². The first kappa shape index (κ1) is 20.1. The molecule has 0 bridgehead atoms. The van der Waals surface area contributed by atoms with Gasteiger partial charge in [0.05, 0.1) is 23.8 Å². The average Bonchev–Trinajstić information content (AvgIpc) is 3.25. The van der Waals surface area contributed by atoms with Crippen molar-refractivity contribution < 1.29 is 14.8 Å². The number of ether oxygens (including phenoxy) is 1. The zero-order valence-electron chi connectivity index (χ0n) is 16.4. The van der Waals surface area contributed by atoms with E-state index in [0.717, 1.165) is 0 Å². The van der Waals surface area contributed by atoms with Crippen molar-refractivity contribution in [2.75, 3.05) is 31.2 Å². The number of para-hydroxylation sites is 1. The van der Waals surface area contributed by atoms with Crippen molar-refractivity contribution in [2.24, 2.45) is 0 Å². The molecular weight excluding hydrogens is 400 g/mol. The van der Waals surface area contributed by atoms with Crippen LogP contribution in [-0.2, 0) is 4.74 Å². The predicted octanol–water partition coefficient (Wildman–Crippen LogP) is 2.96. The summed E-state index contributed by atoms with van der Waals surface area (Å²) >= 11 is 0. The Morgan fingerprint density at radius 1 is 1.13 bits per heavy atom. The highest BCUT2D eigenvalue weighted by Gasteiger charge is 2.25. The quantitative estimate of drug-likeness (QED) is 0.290. The molecule has 1 aliphatic heterocycles. The standard InChI is InChI=1S/C21H18N6O4/c22-14-18(19(28)15-5-4-8-17(13-15)27(29)30)20-23-24-21(25-9-11-31-12-10-25)26(20)16-6-2-1-3-7-16/h1-8,13,28H,9-12H2/b19-18-. The monoisotopic (exact) mass is 418 g/mol. The van der Waals surface area contributed by atoms with Gasteiger partial charge in [0.25, 0.3) is 5.69 Å². The lowest BCUT2D eigenvalue weighted by Crippen LogP contribution is -2.38. The molecule has 2 heterocycles. The van der Waals surface area contributed by atoms with Gasteiger partial charge in [0.15, 0.2) is 5.82 Å². The number of rotatable bonds is 5. The minimum atomic E-state index is -0.564. The van der Waals surface area contributed by atoms with Crippen LogP contribution in [0, 0.1) is 21.4 Å². The second-order valence-corrected chi connectivity index (χ2v) is 6.74. The van der Waals surface area contributed by atoms with E-state index in [9.17, 15) is 20.5 Å². The minimum Gasteiger partial charge on any atom is -0.506 e. The molecule has 0 atom stereocenters. The van der Waals surface area contributed by atoms with Crippen LogP contribution in [0.1, 0.15) is 11.4 Å². The number of nitro benzene ring substituents is 1. The molecule has 4 rings (SSSR count). The van der Waals surface area contributed by atoms with E-state index in [-0.39, 0.29) is 22.6 Å². The number of aliphatic hydroxyl groups excluding tert-OH is 1. The van der Waals surface area contributed by atoms with Crippen molar-refractivity contribution in [3.8, 4) is 11.8 Å². The molecule has 0 radical (unpaired) electrons. The van der Waals surface area contributed by atoms with E-state index in [2.05, 4.69) is 10.2 Å². The number of aromatic nitrogens is 3. The summed E-state index contributed by atoms with van der Waals surface area (Å²) in [5.41, 5.74) is 0.515. The van der Waals surface area contributed by atoms with Crippen LogP contribution in [0.5, 0.6) is 0 Å². The fourth-order valence-electron chi connectivity index (χ4n) is 3.34. The summed E-state index contributed by atoms with van der Waals surface area (Å²) in [5, 5.41) is 40.3. The number of hydrogen-bond donors (Lipinski definition) is 1. The highest BCUT2D eigenvalue weighted by molar-refractivity contribution is 5.93. The second kappa shape index (κ2) is 8.64. The lowest BCUT2D eigenvalue weighted by molar-refractivity contribution is -0.384. The van der Waals surface area contributed by atoms with Crippen LogP contribution in [0.2, 0.25) is 0 Å². The normalized spacial score (nSPS) is 14.6. The van der Waals surface area contributed by atoms with Gasteiger partial charge in [0.2, 0.25) is 5.95 Å². The highest BCUT2D eigenvalue weighted by atomic mass is 16.6. The summed E-state index contributed by atoms with van der Waals surface area (Å²) in [4.78, 5) is 12.5. The topological polar surface area (TPSA) is 130 Å². The molecule has 1 aromatic heterocycles. The first-order valence-electron chi connectivity index (χ1n) is 9.52. The molecular formula is C21H18N6O4. The first-order chi connectivity index (χ1) is 15.1. The Morgan fingerprint density at radius 3 is 2.55 bits per heavy atom. The largest absolute Gasteiger partial charge is 0.506 e. The van der Waals surface area contributed by atoms with Crippen molar-refractivity contribution in [3.05, 3.63) is 76.1 Å². The Labute approximate surface area is 177 Å². The summed E-state index contributed by atoms with van der Waals surface area (Å²) in [6, 6.07) is 16.7. The summed E-state index contributed by atoms with van der Waals surface area (Å²) in [6.45, 7) is 2.29. The Bertz CT molecular complexity index is 1180. The summed E-state index contributed by atoms with van der Waals surface area (Å²) in [5.74, 6) is 0.243. The van der Waals surface area contributed by atoms with E-state index >= 15 is 0 Å². The van der Waals surface area contributed by atoms with Crippen LogP contribution >= 0.6 is 0 Å². The van der Waals surface area contributed by atoms with Crippen LogP contribution < -0.4 is 4.90 Å². The number of allylic oxidation sites excluding steroid dienone is 1. The van der Waals surface area contributed by atoms with Crippen LogP contribution in [0.25, 0.3) is 17.0 Å². The summed E-state index contributed by atoms with van der Waals surface area (Å²) in [6.07, 6.45) is 0. The molecule has 31 heavy (non-hydrogen) atoms. The highest BCUT2D eigenvalue weighted by Crippen LogP contribution is 2.30. The van der Waals surface area contributed by atoms with E-state index < -0.39 is 10.7 Å². The van der Waals surface area contributed by atoms with Gasteiger partial charge in [0, 0.05) is 30.8 Å². The molecule has 156 valence electrons. The number of morpholine rings is 1. The minimum absolute atomic E-state index is 0.138. The predicted molar refractivity (Wildman–Crippen MR) is 113 cm³/mol. The van der Waals surface area contributed by atoms with Gasteiger partial charge in [-0.2, -0.15) is 5.26 Å². The molecule has 3 aromatic rings. The summed E-state index contributed by atoms with van der Waals surface area (Å²) in [7, 11) is 0.